The van der Waals surface area contributed by atoms with Gasteiger partial charge in [0, 0.05) is 24.3 Å². The third-order valence-electron chi connectivity index (χ3n) is 3.80. The van der Waals surface area contributed by atoms with E-state index in [2.05, 4.69) is 34.9 Å². The minimum Gasteiger partial charge on any atom is -0.372 e. The number of anilines is 1. The fourth-order valence-corrected chi connectivity index (χ4v) is 2.37. The Morgan fingerprint density at radius 2 is 1.60 bits per heavy atom. The molecule has 0 saturated carbocycles. The van der Waals surface area contributed by atoms with Gasteiger partial charge in [-0.3, -0.25) is 20.4 Å². The van der Waals surface area contributed by atoms with E-state index in [0.29, 0.717) is 5.56 Å². The molecule has 138 valence electrons. The summed E-state index contributed by atoms with van der Waals surface area (Å²) in [6, 6.07) is 5.47. The fraction of sp³-hybridized carbons (Fsp3) is 0.471. The van der Waals surface area contributed by atoms with Crippen LogP contribution in [-0.2, 0) is 4.79 Å². The molecule has 8 nitrogen and oxygen atoms in total. The topological polar surface area (TPSA) is 117 Å². The van der Waals surface area contributed by atoms with Crippen LogP contribution < -0.4 is 26.8 Å². The van der Waals surface area contributed by atoms with Gasteiger partial charge in [0.1, 0.15) is 6.04 Å². The molecule has 0 aromatic heterocycles. The molecule has 0 aliphatic carbocycles. The number of nitrogens with two attached hydrogens (primary N) is 1. The van der Waals surface area contributed by atoms with Crippen LogP contribution in [0, 0.1) is 5.92 Å². The van der Waals surface area contributed by atoms with Crippen LogP contribution in [0.15, 0.2) is 24.3 Å². The smallest absolute Gasteiger partial charge is 0.312 e. The Bertz CT molecular complexity index is 597. The number of primary amides is 1. The van der Waals surface area contributed by atoms with Crippen molar-refractivity contribution in [2.24, 2.45) is 11.7 Å². The molecule has 5 N–H and O–H groups in total. The van der Waals surface area contributed by atoms with Crippen molar-refractivity contribution in [3.63, 3.8) is 0 Å². The summed E-state index contributed by atoms with van der Waals surface area (Å²) in [6.45, 7) is 9.39. The normalized spacial score (nSPS) is 11.6. The summed E-state index contributed by atoms with van der Waals surface area (Å²) in [5, 5.41) is 2.35. The second kappa shape index (κ2) is 9.51. The minimum atomic E-state index is -0.831. The molecule has 0 saturated heterocycles. The molecule has 0 radical (unpaired) electrons. The summed E-state index contributed by atoms with van der Waals surface area (Å²) in [5.74, 6) is -1.17. The van der Waals surface area contributed by atoms with Gasteiger partial charge in [0.15, 0.2) is 0 Å². The molecule has 1 aromatic rings. The molecule has 1 rings (SSSR count). The number of hydrazine groups is 1. The lowest BCUT2D eigenvalue weighted by molar-refractivity contribution is -0.124. The predicted octanol–water partition coefficient (Wildman–Crippen LogP) is 0.987. The summed E-state index contributed by atoms with van der Waals surface area (Å²) in [4.78, 5) is 37.3. The van der Waals surface area contributed by atoms with Crippen molar-refractivity contribution in [1.82, 2.24) is 16.2 Å². The Morgan fingerprint density at radius 1 is 1.04 bits per heavy atom. The van der Waals surface area contributed by atoms with E-state index in [0.717, 1.165) is 18.8 Å². The lowest BCUT2D eigenvalue weighted by atomic mass is 10.0. The highest BCUT2D eigenvalue weighted by atomic mass is 16.2. The summed E-state index contributed by atoms with van der Waals surface area (Å²) >= 11 is 0. The third kappa shape index (κ3) is 5.98. The third-order valence-corrected chi connectivity index (χ3v) is 3.80. The van der Waals surface area contributed by atoms with Gasteiger partial charge in [-0.2, -0.15) is 0 Å². The predicted molar refractivity (Wildman–Crippen MR) is 97.0 cm³/mol. The molecule has 4 amide bonds. The van der Waals surface area contributed by atoms with Gasteiger partial charge in [-0.05, 0) is 44.0 Å². The van der Waals surface area contributed by atoms with E-state index >= 15 is 0 Å². The number of carbonyl (C=O) groups excluding carboxylic acids is 3. The first kappa shape index (κ1) is 20.3. The van der Waals surface area contributed by atoms with Crippen LogP contribution >= 0.6 is 0 Å². The monoisotopic (exact) mass is 349 g/mol. The van der Waals surface area contributed by atoms with Gasteiger partial charge in [0.2, 0.25) is 0 Å². The Hall–Kier alpha value is -2.77. The van der Waals surface area contributed by atoms with Crippen molar-refractivity contribution in [3.05, 3.63) is 29.8 Å². The highest BCUT2D eigenvalue weighted by molar-refractivity contribution is 5.96. The number of urea groups is 1. The first-order valence-corrected chi connectivity index (χ1v) is 8.31. The number of hydrogen-bond acceptors (Lipinski definition) is 4. The Morgan fingerprint density at radius 3 is 2.04 bits per heavy atom. The molecular weight excluding hydrogens is 322 g/mol. The number of nitrogens with zero attached hydrogens (tertiary/aromatic N) is 1. The van der Waals surface area contributed by atoms with Crippen LogP contribution in [0.25, 0.3) is 0 Å². The van der Waals surface area contributed by atoms with Gasteiger partial charge in [0.05, 0.1) is 0 Å². The molecule has 0 spiro atoms. The highest BCUT2D eigenvalue weighted by Gasteiger charge is 2.23. The number of benzene rings is 1. The van der Waals surface area contributed by atoms with Crippen molar-refractivity contribution in [2.75, 3.05) is 18.0 Å². The number of nitrogens with one attached hydrogen (secondary N) is 3. The second-order valence-electron chi connectivity index (χ2n) is 5.89. The molecule has 8 heteroatoms. The van der Waals surface area contributed by atoms with E-state index in [-0.39, 0.29) is 5.92 Å². The lowest BCUT2D eigenvalue weighted by Crippen LogP contribution is -2.55. The summed E-state index contributed by atoms with van der Waals surface area (Å²) in [6.07, 6.45) is 0. The van der Waals surface area contributed by atoms with Gasteiger partial charge < -0.3 is 16.0 Å². The van der Waals surface area contributed by atoms with Crippen LogP contribution in [-0.4, -0.2) is 37.0 Å². The zero-order valence-electron chi connectivity index (χ0n) is 15.1. The van der Waals surface area contributed by atoms with E-state index in [1.165, 1.54) is 0 Å². The summed E-state index contributed by atoms with van der Waals surface area (Å²) in [5.41, 5.74) is 11.1. The van der Waals surface area contributed by atoms with Crippen LogP contribution in [0.1, 0.15) is 38.1 Å². The van der Waals surface area contributed by atoms with Gasteiger partial charge in [-0.15, -0.1) is 0 Å². The van der Waals surface area contributed by atoms with E-state index < -0.39 is 23.9 Å². The van der Waals surface area contributed by atoms with E-state index in [4.69, 9.17) is 5.73 Å². The first-order chi connectivity index (χ1) is 11.8. The summed E-state index contributed by atoms with van der Waals surface area (Å²) in [7, 11) is 0. The van der Waals surface area contributed by atoms with Crippen molar-refractivity contribution >= 4 is 23.5 Å². The molecule has 0 bridgehead atoms. The van der Waals surface area contributed by atoms with Gasteiger partial charge in [0.25, 0.3) is 11.8 Å². The Kier molecular flexibility index (Phi) is 7.71. The standard InChI is InChI=1S/C17H27N5O3/c1-5-22(6-2)13-9-7-12(8-10-13)15(23)20-21-16(24)14(11(3)4)19-17(18)25/h7-11,14H,5-6H2,1-4H3,(H,20,23)(H,21,24)(H3,18,19,25)/t14-/m0/s1. The van der Waals surface area contributed by atoms with Crippen LogP contribution in [0.3, 0.4) is 0 Å². The van der Waals surface area contributed by atoms with Gasteiger partial charge in [-0.1, -0.05) is 13.8 Å². The molecule has 0 aliphatic rings. The molecule has 1 aromatic carbocycles. The van der Waals surface area contributed by atoms with Crippen molar-refractivity contribution < 1.29 is 14.4 Å². The number of amides is 4. The Labute approximate surface area is 148 Å². The van der Waals surface area contributed by atoms with Gasteiger partial charge in [-0.25, -0.2) is 4.79 Å². The van der Waals surface area contributed by atoms with Crippen molar-refractivity contribution in [2.45, 2.75) is 33.7 Å². The molecule has 0 aliphatic heterocycles. The molecule has 0 heterocycles. The fourth-order valence-electron chi connectivity index (χ4n) is 2.37. The molecule has 25 heavy (non-hydrogen) atoms. The van der Waals surface area contributed by atoms with E-state index in [1.54, 1.807) is 26.0 Å². The van der Waals surface area contributed by atoms with Crippen molar-refractivity contribution in [1.29, 1.82) is 0 Å². The number of hydrogen-bond donors (Lipinski definition) is 4. The maximum absolute atomic E-state index is 12.1. The zero-order chi connectivity index (χ0) is 19.0. The molecular formula is C17H27N5O3. The maximum atomic E-state index is 12.1. The highest BCUT2D eigenvalue weighted by Crippen LogP contribution is 2.14. The lowest BCUT2D eigenvalue weighted by Gasteiger charge is -2.21. The van der Waals surface area contributed by atoms with Crippen LogP contribution in [0.5, 0.6) is 0 Å². The average molecular weight is 349 g/mol. The van der Waals surface area contributed by atoms with E-state index in [9.17, 15) is 14.4 Å². The molecule has 1 atom stereocenters. The van der Waals surface area contributed by atoms with Crippen LogP contribution in [0.4, 0.5) is 10.5 Å². The first-order valence-electron chi connectivity index (χ1n) is 8.31. The molecule has 0 unspecified atom stereocenters. The second-order valence-corrected chi connectivity index (χ2v) is 5.89. The SMILES string of the molecule is CCN(CC)c1ccc(C(=O)NNC(=O)[C@@H](NC(N)=O)C(C)C)cc1. The quantitative estimate of drug-likeness (QED) is 0.549. The van der Waals surface area contributed by atoms with Crippen molar-refractivity contribution in [3.8, 4) is 0 Å². The maximum Gasteiger partial charge on any atom is 0.312 e. The molecule has 0 fully saturated rings. The Balaban J connectivity index is 2.66. The largest absolute Gasteiger partial charge is 0.372 e. The number of carbonyl (C=O) groups is 3. The van der Waals surface area contributed by atoms with E-state index in [1.807, 2.05) is 12.1 Å². The minimum absolute atomic E-state index is 0.183. The number of rotatable bonds is 7. The van der Waals surface area contributed by atoms with Crippen LogP contribution in [0.2, 0.25) is 0 Å². The van der Waals surface area contributed by atoms with Gasteiger partial charge >= 0.3 is 6.03 Å². The average Bonchev–Trinajstić information content (AvgIpc) is 2.58. The summed E-state index contributed by atoms with van der Waals surface area (Å²) < 4.78 is 0. The zero-order valence-corrected chi connectivity index (χ0v) is 15.1.